The molecule has 0 aliphatic carbocycles. The van der Waals surface area contributed by atoms with Crippen LogP contribution in [0.2, 0.25) is 0 Å². The van der Waals surface area contributed by atoms with Gasteiger partial charge in [0.1, 0.15) is 11.6 Å². The molecule has 4 aromatic carbocycles. The third-order valence-corrected chi connectivity index (χ3v) is 11.7. The van der Waals surface area contributed by atoms with E-state index >= 15 is 0 Å². The minimum Gasteiger partial charge on any atom is -0.326 e. The van der Waals surface area contributed by atoms with Crippen LogP contribution in [0.1, 0.15) is 110 Å². The fourth-order valence-corrected chi connectivity index (χ4v) is 8.52. The van der Waals surface area contributed by atoms with Gasteiger partial charge < -0.3 is 14.9 Å². The lowest BCUT2D eigenvalue weighted by Crippen LogP contribution is -2.27. The van der Waals surface area contributed by atoms with E-state index in [1.165, 1.54) is 11.1 Å². The SMILES string of the molecule is CC(C)CCn1c(Cn2c(=O)n(C(C)C)c3ccccc32)nc2c(CN)cccc21.CCc1cccc2c1nc(Cn1c(=O)n(C(C)C)c3ccccc31)n2CCC(C)C.Cl. The Balaban J connectivity index is 0.000000201. The van der Waals surface area contributed by atoms with Gasteiger partial charge in [-0.3, -0.25) is 18.3 Å². The zero-order valence-electron chi connectivity index (χ0n) is 37.4. The second kappa shape index (κ2) is 19.1. The summed E-state index contributed by atoms with van der Waals surface area (Å²) in [5.41, 5.74) is 16.4. The molecule has 0 aliphatic heterocycles. The first-order valence-corrected chi connectivity index (χ1v) is 21.9. The van der Waals surface area contributed by atoms with Gasteiger partial charge in [0, 0.05) is 31.7 Å². The van der Waals surface area contributed by atoms with Crippen molar-refractivity contribution in [2.45, 2.75) is 126 Å². The predicted octanol–water partition coefficient (Wildman–Crippen LogP) is 10.1. The second-order valence-corrected chi connectivity index (χ2v) is 17.5. The molecule has 0 amide bonds. The summed E-state index contributed by atoms with van der Waals surface area (Å²) < 4.78 is 12.1. The maximum Gasteiger partial charge on any atom is 0.329 e. The molecule has 0 unspecified atom stereocenters. The van der Waals surface area contributed by atoms with E-state index in [-0.39, 0.29) is 35.9 Å². The number of imidazole rings is 4. The van der Waals surface area contributed by atoms with Crippen LogP contribution in [0, 0.1) is 11.8 Å². The summed E-state index contributed by atoms with van der Waals surface area (Å²) in [6, 6.07) is 28.9. The minimum atomic E-state index is 0. The standard InChI is InChI=1S/C25H32N4O.C24H31N5O.ClH/c1-6-19-10-9-13-22-24(19)26-23(27(22)15-14-17(2)3)16-28-20-11-7-8-12-21(20)29(18(4)5)25(28)30;1-16(2)12-13-27-21-11-7-8-18(14-25)23(21)26-22(27)15-28-19-9-5-6-10-20(19)29(17(3)4)24(28)30;/h7-13,17-18H,6,14-16H2,1-5H3;5-11,16-17H,12-15,25H2,1-4H3;1H. The monoisotopic (exact) mass is 845 g/mol. The number of para-hydroxylation sites is 6. The lowest BCUT2D eigenvalue weighted by Gasteiger charge is -2.12. The zero-order chi connectivity index (χ0) is 42.8. The van der Waals surface area contributed by atoms with Gasteiger partial charge >= 0.3 is 11.4 Å². The molecule has 324 valence electrons. The van der Waals surface area contributed by atoms with Crippen molar-refractivity contribution in [3.63, 3.8) is 0 Å². The van der Waals surface area contributed by atoms with E-state index in [0.29, 0.717) is 31.5 Å². The first kappa shape index (κ1) is 45.1. The lowest BCUT2D eigenvalue weighted by molar-refractivity contribution is 0.504. The summed E-state index contributed by atoms with van der Waals surface area (Å²) >= 11 is 0. The number of aryl methyl sites for hydroxylation is 3. The van der Waals surface area contributed by atoms with Gasteiger partial charge in [-0.25, -0.2) is 19.6 Å². The molecule has 61 heavy (non-hydrogen) atoms. The minimum absolute atomic E-state index is 0. The topological polar surface area (TPSA) is 116 Å². The van der Waals surface area contributed by atoms with E-state index < -0.39 is 0 Å². The Bertz CT molecular complexity index is 2680. The zero-order valence-corrected chi connectivity index (χ0v) is 38.2. The maximum absolute atomic E-state index is 13.3. The molecule has 12 heteroatoms. The number of nitrogens with zero attached hydrogens (tertiary/aromatic N) is 8. The van der Waals surface area contributed by atoms with Crippen molar-refractivity contribution in [1.82, 2.24) is 37.4 Å². The van der Waals surface area contributed by atoms with Gasteiger partial charge in [-0.05, 0) is 106 Å². The number of hydrogen-bond donors (Lipinski definition) is 1. The Kier molecular flexibility index (Phi) is 14.1. The first-order valence-electron chi connectivity index (χ1n) is 21.9. The Morgan fingerprint density at radius 2 is 0.885 bits per heavy atom. The van der Waals surface area contributed by atoms with Gasteiger partial charge in [-0.15, -0.1) is 12.4 Å². The Hall–Kier alpha value is -5.39. The van der Waals surface area contributed by atoms with E-state index in [2.05, 4.69) is 81.9 Å². The van der Waals surface area contributed by atoms with Crippen LogP contribution in [0.25, 0.3) is 44.1 Å². The summed E-state index contributed by atoms with van der Waals surface area (Å²) in [4.78, 5) is 36.7. The normalized spacial score (nSPS) is 11.9. The van der Waals surface area contributed by atoms with Crippen LogP contribution in [0.4, 0.5) is 0 Å². The van der Waals surface area contributed by atoms with Gasteiger partial charge in [-0.2, -0.15) is 0 Å². The molecule has 0 saturated heterocycles. The van der Waals surface area contributed by atoms with Crippen molar-refractivity contribution in [2.75, 3.05) is 0 Å². The highest BCUT2D eigenvalue weighted by molar-refractivity contribution is 5.85. The fraction of sp³-hybridized carbons (Fsp3) is 0.429. The molecule has 0 saturated carbocycles. The van der Waals surface area contributed by atoms with Crippen LogP contribution in [-0.2, 0) is 39.1 Å². The molecular weight excluding hydrogens is 782 g/mol. The number of hydrogen-bond acceptors (Lipinski definition) is 5. The highest BCUT2D eigenvalue weighted by Crippen LogP contribution is 2.26. The van der Waals surface area contributed by atoms with Crippen LogP contribution in [-0.4, -0.2) is 37.4 Å². The Labute approximate surface area is 365 Å². The smallest absolute Gasteiger partial charge is 0.326 e. The van der Waals surface area contributed by atoms with Crippen LogP contribution < -0.4 is 17.1 Å². The molecule has 4 heterocycles. The molecule has 0 spiro atoms. The molecule has 8 aromatic rings. The average Bonchev–Trinajstić information content (AvgIpc) is 3.93. The van der Waals surface area contributed by atoms with E-state index in [9.17, 15) is 9.59 Å². The summed E-state index contributed by atoms with van der Waals surface area (Å²) in [5.74, 6) is 3.05. The molecular formula is C49H64ClN9O2. The van der Waals surface area contributed by atoms with Crippen molar-refractivity contribution in [3.05, 3.63) is 129 Å². The highest BCUT2D eigenvalue weighted by atomic mass is 35.5. The number of halogens is 1. The molecule has 4 aromatic heterocycles. The van der Waals surface area contributed by atoms with Crippen LogP contribution >= 0.6 is 12.4 Å². The summed E-state index contributed by atoms with van der Waals surface area (Å²) in [6.45, 7) is 22.5. The molecule has 2 N–H and O–H groups in total. The molecule has 8 rings (SSSR count). The Morgan fingerprint density at radius 3 is 1.26 bits per heavy atom. The van der Waals surface area contributed by atoms with Crippen LogP contribution in [0.5, 0.6) is 0 Å². The van der Waals surface area contributed by atoms with Crippen molar-refractivity contribution in [3.8, 4) is 0 Å². The van der Waals surface area contributed by atoms with Crippen LogP contribution in [0.3, 0.4) is 0 Å². The van der Waals surface area contributed by atoms with Crippen molar-refractivity contribution >= 4 is 56.5 Å². The Morgan fingerprint density at radius 1 is 0.508 bits per heavy atom. The van der Waals surface area contributed by atoms with Gasteiger partial charge in [0.15, 0.2) is 0 Å². The van der Waals surface area contributed by atoms with E-state index in [4.69, 9.17) is 15.7 Å². The predicted molar refractivity (Wildman–Crippen MR) is 254 cm³/mol. The van der Waals surface area contributed by atoms with Crippen LogP contribution in [0.15, 0.2) is 94.5 Å². The van der Waals surface area contributed by atoms with Gasteiger partial charge in [-0.1, -0.05) is 83.1 Å². The van der Waals surface area contributed by atoms with Crippen molar-refractivity contribution in [2.24, 2.45) is 17.6 Å². The number of fused-ring (bicyclic) bond motifs is 4. The number of rotatable bonds is 14. The van der Waals surface area contributed by atoms with E-state index in [1.807, 2.05) is 92.8 Å². The second-order valence-electron chi connectivity index (χ2n) is 17.5. The molecule has 0 atom stereocenters. The molecule has 0 fully saturated rings. The summed E-state index contributed by atoms with van der Waals surface area (Å²) in [6.07, 6.45) is 3.08. The average molecular weight is 847 g/mol. The quantitative estimate of drug-likeness (QED) is 0.117. The number of benzene rings is 4. The largest absolute Gasteiger partial charge is 0.329 e. The fourth-order valence-electron chi connectivity index (χ4n) is 8.52. The van der Waals surface area contributed by atoms with E-state index in [0.717, 1.165) is 88.2 Å². The molecule has 0 radical (unpaired) electrons. The van der Waals surface area contributed by atoms with Gasteiger partial charge in [0.05, 0.1) is 57.2 Å². The number of aromatic nitrogens is 8. The van der Waals surface area contributed by atoms with Crippen molar-refractivity contribution in [1.29, 1.82) is 0 Å². The number of nitrogens with two attached hydrogens (primary N) is 1. The third-order valence-electron chi connectivity index (χ3n) is 11.7. The first-order chi connectivity index (χ1) is 28.8. The summed E-state index contributed by atoms with van der Waals surface area (Å²) in [5, 5.41) is 0. The molecule has 0 bridgehead atoms. The van der Waals surface area contributed by atoms with Gasteiger partial charge in [0.2, 0.25) is 0 Å². The lowest BCUT2D eigenvalue weighted by atomic mass is 10.1. The van der Waals surface area contributed by atoms with Gasteiger partial charge in [0.25, 0.3) is 0 Å². The summed E-state index contributed by atoms with van der Waals surface area (Å²) in [7, 11) is 0. The molecule has 11 nitrogen and oxygen atoms in total. The highest BCUT2D eigenvalue weighted by Gasteiger charge is 2.21. The van der Waals surface area contributed by atoms with E-state index in [1.54, 1.807) is 0 Å². The maximum atomic E-state index is 13.3. The van der Waals surface area contributed by atoms with Crippen molar-refractivity contribution < 1.29 is 0 Å². The third kappa shape index (κ3) is 8.86. The molecule has 0 aliphatic rings.